The molecule has 7 nitrogen and oxygen atoms in total. The summed E-state index contributed by atoms with van der Waals surface area (Å²) in [6.45, 7) is -0.850. The van der Waals surface area contributed by atoms with E-state index in [1.165, 1.54) is 0 Å². The number of alkyl halides is 2. The van der Waals surface area contributed by atoms with Crippen molar-refractivity contribution in [3.63, 3.8) is 0 Å². The van der Waals surface area contributed by atoms with E-state index in [0.29, 0.717) is 0 Å². The summed E-state index contributed by atoms with van der Waals surface area (Å²) >= 11 is 0. The number of carbonyl (C=O) groups is 1. The molecule has 0 radical (unpaired) electrons. The van der Waals surface area contributed by atoms with Crippen molar-refractivity contribution in [1.29, 1.82) is 0 Å². The number of nitro groups is 1. The standard InChI is InChI=1S/C8H7F2N3O4/c9-6(10)3-11-7-5(13(16)17)2-1-4(12-7)8(14)15/h1-2,6H,3H2,(H,11,12)(H,14,15). The molecular weight excluding hydrogens is 240 g/mol. The highest BCUT2D eigenvalue weighted by Crippen LogP contribution is 2.22. The number of pyridine rings is 1. The molecule has 1 aromatic heterocycles. The molecule has 0 aliphatic rings. The lowest BCUT2D eigenvalue weighted by molar-refractivity contribution is -0.384. The molecule has 1 aromatic rings. The van der Waals surface area contributed by atoms with E-state index in [0.717, 1.165) is 12.1 Å². The number of nitrogens with zero attached hydrogens (tertiary/aromatic N) is 2. The van der Waals surface area contributed by atoms with Crippen molar-refractivity contribution >= 4 is 17.5 Å². The average Bonchev–Trinajstić information content (AvgIpc) is 2.25. The summed E-state index contributed by atoms with van der Waals surface area (Å²) < 4.78 is 23.9. The third-order valence-electron chi connectivity index (χ3n) is 1.71. The smallest absolute Gasteiger partial charge is 0.354 e. The fourth-order valence-corrected chi connectivity index (χ4v) is 1.02. The Balaban J connectivity index is 3.07. The molecule has 0 saturated carbocycles. The zero-order valence-corrected chi connectivity index (χ0v) is 8.26. The van der Waals surface area contributed by atoms with Gasteiger partial charge >= 0.3 is 11.7 Å². The molecule has 0 amide bonds. The summed E-state index contributed by atoms with van der Waals surface area (Å²) in [6, 6.07) is 1.82. The number of nitrogens with one attached hydrogen (secondary N) is 1. The van der Waals surface area contributed by atoms with Crippen LogP contribution in [0.2, 0.25) is 0 Å². The minimum absolute atomic E-state index is 0.465. The Hall–Kier alpha value is -2.32. The number of hydrogen-bond donors (Lipinski definition) is 2. The third-order valence-corrected chi connectivity index (χ3v) is 1.71. The summed E-state index contributed by atoms with van der Waals surface area (Å²) in [5.74, 6) is -1.89. The first-order valence-electron chi connectivity index (χ1n) is 4.32. The zero-order valence-electron chi connectivity index (χ0n) is 8.26. The molecule has 9 heteroatoms. The Morgan fingerprint density at radius 1 is 1.59 bits per heavy atom. The van der Waals surface area contributed by atoms with Crippen LogP contribution in [-0.4, -0.2) is 34.0 Å². The van der Waals surface area contributed by atoms with Crippen molar-refractivity contribution in [2.45, 2.75) is 6.43 Å². The summed E-state index contributed by atoms with van der Waals surface area (Å²) in [5, 5.41) is 21.2. The maximum Gasteiger partial charge on any atom is 0.354 e. The number of carboxylic acids is 1. The second-order valence-electron chi connectivity index (χ2n) is 2.90. The van der Waals surface area contributed by atoms with E-state index in [1.807, 2.05) is 5.32 Å². The molecule has 2 N–H and O–H groups in total. The molecule has 0 aliphatic carbocycles. The predicted molar refractivity (Wildman–Crippen MR) is 52.3 cm³/mol. The van der Waals surface area contributed by atoms with Crippen LogP contribution in [0, 0.1) is 10.1 Å². The fourth-order valence-electron chi connectivity index (χ4n) is 1.02. The second kappa shape index (κ2) is 5.14. The van der Waals surface area contributed by atoms with Gasteiger partial charge in [0.05, 0.1) is 11.5 Å². The summed E-state index contributed by atoms with van der Waals surface area (Å²) in [6.07, 6.45) is -2.73. The highest BCUT2D eigenvalue weighted by Gasteiger charge is 2.19. The van der Waals surface area contributed by atoms with E-state index in [2.05, 4.69) is 4.98 Å². The van der Waals surface area contributed by atoms with Crippen LogP contribution in [0.5, 0.6) is 0 Å². The van der Waals surface area contributed by atoms with Crippen LogP contribution in [0.4, 0.5) is 20.3 Å². The molecule has 0 atom stereocenters. The number of carboxylic acid groups (broad SMARTS) is 1. The highest BCUT2D eigenvalue weighted by molar-refractivity contribution is 5.86. The van der Waals surface area contributed by atoms with Gasteiger partial charge in [-0.15, -0.1) is 0 Å². The van der Waals surface area contributed by atoms with E-state index < -0.39 is 41.1 Å². The molecule has 17 heavy (non-hydrogen) atoms. The van der Waals surface area contributed by atoms with Gasteiger partial charge in [-0.25, -0.2) is 18.6 Å². The lowest BCUT2D eigenvalue weighted by Gasteiger charge is -2.05. The van der Waals surface area contributed by atoms with Gasteiger partial charge in [0.1, 0.15) is 0 Å². The SMILES string of the molecule is O=C(O)c1ccc([N+](=O)[O-])c(NCC(F)F)n1. The normalized spacial score (nSPS) is 10.3. The van der Waals surface area contributed by atoms with Gasteiger partial charge in [-0.2, -0.15) is 0 Å². The first kappa shape index (κ1) is 12.7. The van der Waals surface area contributed by atoms with Gasteiger partial charge in [0.25, 0.3) is 6.43 Å². The molecule has 1 rings (SSSR count). The van der Waals surface area contributed by atoms with E-state index in [4.69, 9.17) is 5.11 Å². The monoisotopic (exact) mass is 247 g/mol. The average molecular weight is 247 g/mol. The summed E-state index contributed by atoms with van der Waals surface area (Å²) in [5.41, 5.74) is -1.02. The predicted octanol–water partition coefficient (Wildman–Crippen LogP) is 1.36. The topological polar surface area (TPSA) is 105 Å². The number of aromatic nitrogens is 1. The van der Waals surface area contributed by atoms with E-state index in [9.17, 15) is 23.7 Å². The molecule has 0 bridgehead atoms. The van der Waals surface area contributed by atoms with Crippen LogP contribution in [-0.2, 0) is 0 Å². The molecular formula is C8H7F2N3O4. The Morgan fingerprint density at radius 3 is 2.71 bits per heavy atom. The maximum absolute atomic E-state index is 11.9. The molecule has 0 aromatic carbocycles. The molecule has 92 valence electrons. The van der Waals surface area contributed by atoms with Gasteiger partial charge in [0, 0.05) is 6.07 Å². The Bertz CT molecular complexity index is 452. The number of anilines is 1. The summed E-state index contributed by atoms with van der Waals surface area (Å²) in [7, 11) is 0. The van der Waals surface area contributed by atoms with Crippen molar-refractivity contribution in [1.82, 2.24) is 4.98 Å². The van der Waals surface area contributed by atoms with Gasteiger partial charge < -0.3 is 10.4 Å². The number of aromatic carboxylic acids is 1. The van der Waals surface area contributed by atoms with Crippen molar-refractivity contribution in [3.8, 4) is 0 Å². The maximum atomic E-state index is 11.9. The zero-order chi connectivity index (χ0) is 13.0. The quantitative estimate of drug-likeness (QED) is 0.601. The van der Waals surface area contributed by atoms with Crippen LogP contribution >= 0.6 is 0 Å². The van der Waals surface area contributed by atoms with E-state index >= 15 is 0 Å². The lowest BCUT2D eigenvalue weighted by Crippen LogP contribution is -2.14. The second-order valence-corrected chi connectivity index (χ2v) is 2.90. The van der Waals surface area contributed by atoms with Crippen LogP contribution in [0.15, 0.2) is 12.1 Å². The van der Waals surface area contributed by atoms with Gasteiger partial charge in [-0.05, 0) is 6.07 Å². The Kier molecular flexibility index (Phi) is 3.86. The van der Waals surface area contributed by atoms with Crippen molar-refractivity contribution < 1.29 is 23.6 Å². The molecule has 0 saturated heterocycles. The van der Waals surface area contributed by atoms with Gasteiger partial charge in [-0.3, -0.25) is 10.1 Å². The highest BCUT2D eigenvalue weighted by atomic mass is 19.3. The Morgan fingerprint density at radius 2 is 2.24 bits per heavy atom. The largest absolute Gasteiger partial charge is 0.477 e. The van der Waals surface area contributed by atoms with Crippen molar-refractivity contribution in [2.75, 3.05) is 11.9 Å². The van der Waals surface area contributed by atoms with E-state index in [-0.39, 0.29) is 0 Å². The number of rotatable bonds is 5. The van der Waals surface area contributed by atoms with Gasteiger partial charge in [0.2, 0.25) is 5.82 Å². The molecule has 1 heterocycles. The van der Waals surface area contributed by atoms with Gasteiger partial charge in [0.15, 0.2) is 5.69 Å². The third kappa shape index (κ3) is 3.33. The van der Waals surface area contributed by atoms with Crippen LogP contribution in [0.25, 0.3) is 0 Å². The lowest BCUT2D eigenvalue weighted by atomic mass is 10.3. The number of halogens is 2. The number of hydrogen-bond acceptors (Lipinski definition) is 5. The Labute approximate surface area is 93.2 Å². The van der Waals surface area contributed by atoms with E-state index in [1.54, 1.807) is 0 Å². The molecule has 0 unspecified atom stereocenters. The van der Waals surface area contributed by atoms with Crippen LogP contribution in [0.1, 0.15) is 10.5 Å². The molecule has 0 fully saturated rings. The van der Waals surface area contributed by atoms with Crippen molar-refractivity contribution in [3.05, 3.63) is 27.9 Å². The fraction of sp³-hybridized carbons (Fsp3) is 0.250. The molecule has 0 aliphatic heterocycles. The van der Waals surface area contributed by atoms with Crippen LogP contribution in [0.3, 0.4) is 0 Å². The first-order valence-corrected chi connectivity index (χ1v) is 4.32. The van der Waals surface area contributed by atoms with Crippen LogP contribution < -0.4 is 5.32 Å². The van der Waals surface area contributed by atoms with Crippen molar-refractivity contribution in [2.24, 2.45) is 0 Å². The van der Waals surface area contributed by atoms with Gasteiger partial charge in [-0.1, -0.05) is 0 Å². The minimum atomic E-state index is -2.73. The minimum Gasteiger partial charge on any atom is -0.477 e. The summed E-state index contributed by atoms with van der Waals surface area (Å²) in [4.78, 5) is 23.6. The molecule has 0 spiro atoms. The first-order chi connectivity index (χ1) is 7.91.